The fraction of sp³-hybridized carbons (Fsp3) is 0.273. The molecule has 0 aromatic heterocycles. The van der Waals surface area contributed by atoms with Crippen LogP contribution in [0.2, 0.25) is 0 Å². The molecule has 1 N–H and O–H groups in total. The maximum absolute atomic E-state index is 8.97. The van der Waals surface area contributed by atoms with Gasteiger partial charge >= 0.3 is 0 Å². The molecule has 0 fully saturated rings. The van der Waals surface area contributed by atoms with Gasteiger partial charge in [-0.15, -0.1) is 0 Å². The summed E-state index contributed by atoms with van der Waals surface area (Å²) in [4.78, 5) is 0. The second-order valence-corrected chi connectivity index (χ2v) is 3.20. The van der Waals surface area contributed by atoms with Crippen molar-refractivity contribution in [3.8, 4) is 0 Å². The van der Waals surface area contributed by atoms with Crippen molar-refractivity contribution in [2.75, 3.05) is 6.61 Å². The number of aliphatic hydroxyl groups is 1. The Bertz CT molecular complexity index is 302. The van der Waals surface area contributed by atoms with Crippen LogP contribution in [0, 0.1) is 5.92 Å². The highest BCUT2D eigenvalue weighted by Gasteiger charge is 2.11. The van der Waals surface area contributed by atoms with Crippen LogP contribution in [-0.4, -0.2) is 11.7 Å². The van der Waals surface area contributed by atoms with Gasteiger partial charge in [-0.05, 0) is 17.5 Å². The van der Waals surface area contributed by atoms with Gasteiger partial charge in [-0.2, -0.15) is 0 Å². The van der Waals surface area contributed by atoms with E-state index in [9.17, 15) is 0 Å². The van der Waals surface area contributed by atoms with Crippen molar-refractivity contribution < 1.29 is 5.11 Å². The summed E-state index contributed by atoms with van der Waals surface area (Å²) in [5.74, 6) is 0.319. The lowest BCUT2D eigenvalue weighted by Gasteiger charge is -2.16. The van der Waals surface area contributed by atoms with Gasteiger partial charge in [0.1, 0.15) is 0 Å². The molecule has 1 atom stereocenters. The number of hydrogen-bond acceptors (Lipinski definition) is 1. The summed E-state index contributed by atoms with van der Waals surface area (Å²) in [6, 6.07) is 8.33. The summed E-state index contributed by atoms with van der Waals surface area (Å²) in [6.07, 6.45) is 5.16. The minimum Gasteiger partial charge on any atom is -0.396 e. The first-order chi connectivity index (χ1) is 5.90. The molecule has 1 unspecified atom stereocenters. The molecule has 1 aliphatic carbocycles. The minimum absolute atomic E-state index is 0.255. The van der Waals surface area contributed by atoms with Gasteiger partial charge in [-0.3, -0.25) is 0 Å². The van der Waals surface area contributed by atoms with Crippen LogP contribution in [0.4, 0.5) is 0 Å². The molecule has 12 heavy (non-hydrogen) atoms. The molecule has 0 bridgehead atoms. The first kappa shape index (κ1) is 7.56. The molecule has 0 spiro atoms. The van der Waals surface area contributed by atoms with E-state index in [0.717, 1.165) is 6.42 Å². The Labute approximate surface area is 72.4 Å². The number of aliphatic hydroxyl groups excluding tert-OH is 1. The molecule has 0 amide bonds. The zero-order chi connectivity index (χ0) is 8.39. The molecule has 1 aromatic carbocycles. The highest BCUT2D eigenvalue weighted by atomic mass is 16.3. The van der Waals surface area contributed by atoms with E-state index in [2.05, 4.69) is 24.3 Å². The monoisotopic (exact) mass is 160 g/mol. The molecule has 0 saturated carbocycles. The Balaban J connectivity index is 2.33. The second-order valence-electron chi connectivity index (χ2n) is 3.20. The highest BCUT2D eigenvalue weighted by molar-refractivity contribution is 5.56. The molecule has 62 valence electrons. The van der Waals surface area contributed by atoms with Crippen LogP contribution in [0.5, 0.6) is 0 Å². The van der Waals surface area contributed by atoms with Crippen molar-refractivity contribution in [2.45, 2.75) is 6.42 Å². The van der Waals surface area contributed by atoms with Crippen LogP contribution in [0.15, 0.2) is 30.3 Å². The Kier molecular flexibility index (Phi) is 1.96. The molecule has 1 aliphatic rings. The predicted octanol–water partition coefficient (Wildman–Crippen LogP) is 1.86. The van der Waals surface area contributed by atoms with Crippen LogP contribution in [0.1, 0.15) is 11.1 Å². The molecule has 0 saturated heterocycles. The number of rotatable bonds is 1. The Morgan fingerprint density at radius 2 is 2.17 bits per heavy atom. The van der Waals surface area contributed by atoms with Gasteiger partial charge in [0.05, 0.1) is 0 Å². The van der Waals surface area contributed by atoms with Gasteiger partial charge in [-0.25, -0.2) is 0 Å². The SMILES string of the molecule is OCC1C=Cc2ccccc2C1. The first-order valence-electron chi connectivity index (χ1n) is 4.27. The van der Waals surface area contributed by atoms with Crippen LogP contribution in [0.3, 0.4) is 0 Å². The fourth-order valence-electron chi connectivity index (χ4n) is 1.60. The predicted molar refractivity (Wildman–Crippen MR) is 49.8 cm³/mol. The van der Waals surface area contributed by atoms with E-state index in [1.165, 1.54) is 11.1 Å². The van der Waals surface area contributed by atoms with Gasteiger partial charge in [0, 0.05) is 12.5 Å². The third kappa shape index (κ3) is 1.28. The van der Waals surface area contributed by atoms with Crippen molar-refractivity contribution in [3.63, 3.8) is 0 Å². The normalized spacial score (nSPS) is 20.6. The van der Waals surface area contributed by atoms with Crippen molar-refractivity contribution in [3.05, 3.63) is 41.5 Å². The molecular weight excluding hydrogens is 148 g/mol. The quantitative estimate of drug-likeness (QED) is 0.665. The van der Waals surface area contributed by atoms with E-state index in [1.54, 1.807) is 0 Å². The van der Waals surface area contributed by atoms with E-state index >= 15 is 0 Å². The highest BCUT2D eigenvalue weighted by Crippen LogP contribution is 2.21. The third-order valence-electron chi connectivity index (χ3n) is 2.32. The number of hydrogen-bond donors (Lipinski definition) is 1. The second kappa shape index (κ2) is 3.11. The third-order valence-corrected chi connectivity index (χ3v) is 2.32. The lowest BCUT2D eigenvalue weighted by Crippen LogP contribution is -2.10. The Morgan fingerprint density at radius 3 is 3.00 bits per heavy atom. The van der Waals surface area contributed by atoms with Gasteiger partial charge in [-0.1, -0.05) is 36.4 Å². The van der Waals surface area contributed by atoms with Crippen LogP contribution < -0.4 is 0 Å². The molecule has 0 aliphatic heterocycles. The van der Waals surface area contributed by atoms with E-state index in [0.29, 0.717) is 5.92 Å². The van der Waals surface area contributed by atoms with E-state index in [-0.39, 0.29) is 6.61 Å². The first-order valence-corrected chi connectivity index (χ1v) is 4.27. The molecule has 1 nitrogen and oxygen atoms in total. The maximum atomic E-state index is 8.97. The van der Waals surface area contributed by atoms with E-state index < -0.39 is 0 Å². The van der Waals surface area contributed by atoms with Gasteiger partial charge in [0.25, 0.3) is 0 Å². The summed E-state index contributed by atoms with van der Waals surface area (Å²) in [5.41, 5.74) is 2.64. The summed E-state index contributed by atoms with van der Waals surface area (Å²) >= 11 is 0. The van der Waals surface area contributed by atoms with E-state index in [4.69, 9.17) is 5.11 Å². The molecule has 1 heteroatoms. The van der Waals surface area contributed by atoms with Crippen molar-refractivity contribution in [1.82, 2.24) is 0 Å². The van der Waals surface area contributed by atoms with Crippen LogP contribution >= 0.6 is 0 Å². The van der Waals surface area contributed by atoms with Gasteiger partial charge in [0.2, 0.25) is 0 Å². The van der Waals surface area contributed by atoms with Gasteiger partial charge in [0.15, 0.2) is 0 Å². The Morgan fingerprint density at radius 1 is 1.33 bits per heavy atom. The van der Waals surface area contributed by atoms with Crippen LogP contribution in [0.25, 0.3) is 6.08 Å². The largest absolute Gasteiger partial charge is 0.396 e. The molecular formula is C11H12O. The lowest BCUT2D eigenvalue weighted by atomic mass is 9.90. The summed E-state index contributed by atoms with van der Waals surface area (Å²) in [6.45, 7) is 0.255. The topological polar surface area (TPSA) is 20.2 Å². The number of benzene rings is 1. The zero-order valence-electron chi connectivity index (χ0n) is 6.90. The van der Waals surface area contributed by atoms with Crippen LogP contribution in [-0.2, 0) is 6.42 Å². The van der Waals surface area contributed by atoms with E-state index in [1.807, 2.05) is 12.1 Å². The van der Waals surface area contributed by atoms with Gasteiger partial charge < -0.3 is 5.11 Å². The standard InChI is InChI=1S/C11H12O/c12-8-9-5-6-10-3-1-2-4-11(10)7-9/h1-6,9,12H,7-8H2. The summed E-state index contributed by atoms with van der Waals surface area (Å²) in [7, 11) is 0. The minimum atomic E-state index is 0.255. The smallest absolute Gasteiger partial charge is 0.0497 e. The Hall–Kier alpha value is -1.08. The van der Waals surface area contributed by atoms with Crippen molar-refractivity contribution in [1.29, 1.82) is 0 Å². The molecule has 2 rings (SSSR count). The maximum Gasteiger partial charge on any atom is 0.0497 e. The molecule has 1 aromatic rings. The van der Waals surface area contributed by atoms with Crippen molar-refractivity contribution >= 4 is 6.08 Å². The molecule has 0 radical (unpaired) electrons. The number of fused-ring (bicyclic) bond motifs is 1. The fourth-order valence-corrected chi connectivity index (χ4v) is 1.60. The van der Waals surface area contributed by atoms with Crippen molar-refractivity contribution in [2.24, 2.45) is 5.92 Å². The average molecular weight is 160 g/mol. The lowest BCUT2D eigenvalue weighted by molar-refractivity contribution is 0.252. The summed E-state index contributed by atoms with van der Waals surface area (Å²) < 4.78 is 0. The zero-order valence-corrected chi connectivity index (χ0v) is 6.90. The molecule has 0 heterocycles. The summed E-state index contributed by atoms with van der Waals surface area (Å²) in [5, 5.41) is 8.97. The average Bonchev–Trinajstić information content (AvgIpc) is 2.17.